The minimum absolute atomic E-state index is 0.106. The van der Waals surface area contributed by atoms with Gasteiger partial charge in [0.25, 0.3) is 5.91 Å². The minimum atomic E-state index is -0.972. The van der Waals surface area contributed by atoms with Crippen molar-refractivity contribution in [2.45, 2.75) is 32.3 Å². The summed E-state index contributed by atoms with van der Waals surface area (Å²) in [5.41, 5.74) is -1.08. The lowest BCUT2D eigenvalue weighted by atomic mass is 10.0. The molecule has 0 aliphatic carbocycles. The summed E-state index contributed by atoms with van der Waals surface area (Å²) in [6, 6.07) is 5.54. The molecule has 0 saturated carbocycles. The second-order valence-electron chi connectivity index (χ2n) is 5.19. The first-order valence-corrected chi connectivity index (χ1v) is 6.87. The van der Waals surface area contributed by atoms with E-state index in [1.165, 1.54) is 18.2 Å². The maximum atomic E-state index is 13.4. The number of hydrogen-bond donors (Lipinski definition) is 3. The zero-order chi connectivity index (χ0) is 15.9. The van der Waals surface area contributed by atoms with Crippen molar-refractivity contribution < 1.29 is 19.1 Å². The number of hydrogen-bond acceptors (Lipinski definition) is 3. The van der Waals surface area contributed by atoms with Crippen LogP contribution in [0.25, 0.3) is 0 Å². The molecule has 1 aromatic rings. The third-order valence-electron chi connectivity index (χ3n) is 2.98. The number of halogens is 1. The van der Waals surface area contributed by atoms with Crippen LogP contribution >= 0.6 is 0 Å². The van der Waals surface area contributed by atoms with Crippen molar-refractivity contribution in [1.82, 2.24) is 10.6 Å². The van der Waals surface area contributed by atoms with Gasteiger partial charge in [-0.2, -0.15) is 0 Å². The van der Waals surface area contributed by atoms with E-state index in [1.807, 2.05) is 6.92 Å². The molecule has 5 nitrogen and oxygen atoms in total. The Morgan fingerprint density at radius 1 is 1.29 bits per heavy atom. The highest BCUT2D eigenvalue weighted by Crippen LogP contribution is 2.09. The number of rotatable bonds is 7. The van der Waals surface area contributed by atoms with Crippen LogP contribution in [0.5, 0.6) is 0 Å². The minimum Gasteiger partial charge on any atom is -0.388 e. The van der Waals surface area contributed by atoms with Gasteiger partial charge in [0, 0.05) is 6.54 Å². The van der Waals surface area contributed by atoms with Crippen molar-refractivity contribution >= 4 is 11.8 Å². The van der Waals surface area contributed by atoms with Gasteiger partial charge in [-0.05, 0) is 25.5 Å². The number of nitrogens with one attached hydrogen (secondary N) is 2. The quantitative estimate of drug-likeness (QED) is 0.708. The normalized spacial score (nSPS) is 13.3. The monoisotopic (exact) mass is 296 g/mol. The molecule has 2 amide bonds. The van der Waals surface area contributed by atoms with Gasteiger partial charge in [0.1, 0.15) is 5.82 Å². The van der Waals surface area contributed by atoms with E-state index >= 15 is 0 Å². The Hall–Kier alpha value is -1.95. The van der Waals surface area contributed by atoms with E-state index in [-0.39, 0.29) is 18.7 Å². The second kappa shape index (κ2) is 7.73. The van der Waals surface area contributed by atoms with Crippen molar-refractivity contribution in [3.8, 4) is 0 Å². The van der Waals surface area contributed by atoms with Crippen LogP contribution in [0, 0.1) is 5.82 Å². The molecule has 116 valence electrons. The zero-order valence-corrected chi connectivity index (χ0v) is 12.3. The molecule has 0 heterocycles. The van der Waals surface area contributed by atoms with Crippen LogP contribution < -0.4 is 10.6 Å². The zero-order valence-electron chi connectivity index (χ0n) is 12.3. The van der Waals surface area contributed by atoms with Gasteiger partial charge in [0.2, 0.25) is 5.91 Å². The summed E-state index contributed by atoms with van der Waals surface area (Å²) in [7, 11) is 0. The number of carbonyl (C=O) groups excluding carboxylic acids is 2. The summed E-state index contributed by atoms with van der Waals surface area (Å²) < 4.78 is 13.4. The first kappa shape index (κ1) is 17.1. The van der Waals surface area contributed by atoms with Crippen LogP contribution in [-0.2, 0) is 4.79 Å². The highest BCUT2D eigenvalue weighted by Gasteiger charge is 2.20. The molecule has 0 fully saturated rings. The third kappa shape index (κ3) is 5.91. The number of aliphatic hydroxyl groups is 1. The molecule has 1 atom stereocenters. The van der Waals surface area contributed by atoms with Crippen LogP contribution in [0.15, 0.2) is 24.3 Å². The predicted molar refractivity (Wildman–Crippen MR) is 77.3 cm³/mol. The molecule has 1 aromatic carbocycles. The fourth-order valence-electron chi connectivity index (χ4n) is 1.88. The Bertz CT molecular complexity index is 503. The van der Waals surface area contributed by atoms with E-state index in [1.54, 1.807) is 13.0 Å². The topological polar surface area (TPSA) is 78.4 Å². The first-order valence-electron chi connectivity index (χ1n) is 6.87. The lowest BCUT2D eigenvalue weighted by Gasteiger charge is -2.22. The summed E-state index contributed by atoms with van der Waals surface area (Å²) in [5, 5.41) is 14.8. The molecule has 0 spiro atoms. The maximum absolute atomic E-state index is 13.4. The van der Waals surface area contributed by atoms with Gasteiger partial charge < -0.3 is 15.7 Å². The van der Waals surface area contributed by atoms with Crippen molar-refractivity contribution in [3.63, 3.8) is 0 Å². The largest absolute Gasteiger partial charge is 0.388 e. The van der Waals surface area contributed by atoms with Gasteiger partial charge in [0.05, 0.1) is 17.7 Å². The molecular weight excluding hydrogens is 275 g/mol. The highest BCUT2D eigenvalue weighted by atomic mass is 19.1. The smallest absolute Gasteiger partial charge is 0.254 e. The maximum Gasteiger partial charge on any atom is 0.254 e. The molecule has 3 N–H and O–H groups in total. The van der Waals surface area contributed by atoms with E-state index in [0.29, 0.717) is 6.42 Å². The Balaban J connectivity index is 2.40. The second-order valence-corrected chi connectivity index (χ2v) is 5.19. The first-order chi connectivity index (χ1) is 9.85. The van der Waals surface area contributed by atoms with Gasteiger partial charge in [0.15, 0.2) is 0 Å². The number of carbonyl (C=O) groups is 2. The van der Waals surface area contributed by atoms with Crippen molar-refractivity contribution in [2.75, 3.05) is 13.1 Å². The average molecular weight is 296 g/mol. The highest BCUT2D eigenvalue weighted by molar-refractivity contribution is 5.96. The third-order valence-corrected chi connectivity index (χ3v) is 2.98. The van der Waals surface area contributed by atoms with Crippen LogP contribution in [0.2, 0.25) is 0 Å². The SMILES string of the molecule is CCCC(C)(O)CNC(=O)CNC(=O)c1ccccc1F. The lowest BCUT2D eigenvalue weighted by molar-refractivity contribution is -0.121. The van der Waals surface area contributed by atoms with Gasteiger partial charge >= 0.3 is 0 Å². The van der Waals surface area contributed by atoms with Gasteiger partial charge in [-0.15, -0.1) is 0 Å². The summed E-state index contributed by atoms with van der Waals surface area (Å²) in [5.74, 6) is -1.72. The molecule has 0 aliphatic heterocycles. The lowest BCUT2D eigenvalue weighted by Crippen LogP contribution is -2.44. The molecule has 1 unspecified atom stereocenters. The Labute approximate surface area is 123 Å². The van der Waals surface area contributed by atoms with Gasteiger partial charge in [-0.3, -0.25) is 9.59 Å². The summed E-state index contributed by atoms with van der Waals surface area (Å²) in [6.07, 6.45) is 1.36. The molecule has 0 aliphatic rings. The van der Waals surface area contributed by atoms with Gasteiger partial charge in [-0.25, -0.2) is 4.39 Å². The average Bonchev–Trinajstić information content (AvgIpc) is 2.43. The van der Waals surface area contributed by atoms with E-state index in [0.717, 1.165) is 6.42 Å². The molecule has 0 radical (unpaired) electrons. The Morgan fingerprint density at radius 3 is 2.57 bits per heavy atom. The molecule has 6 heteroatoms. The van der Waals surface area contributed by atoms with Crippen LogP contribution in [0.1, 0.15) is 37.0 Å². The van der Waals surface area contributed by atoms with Crippen LogP contribution in [0.4, 0.5) is 4.39 Å². The van der Waals surface area contributed by atoms with Crippen LogP contribution in [0.3, 0.4) is 0 Å². The van der Waals surface area contributed by atoms with Crippen molar-refractivity contribution in [3.05, 3.63) is 35.6 Å². The molecule has 0 aromatic heterocycles. The Kier molecular flexibility index (Phi) is 6.30. The van der Waals surface area contributed by atoms with Crippen molar-refractivity contribution in [2.24, 2.45) is 0 Å². The van der Waals surface area contributed by atoms with Crippen LogP contribution in [-0.4, -0.2) is 35.6 Å². The predicted octanol–water partition coefficient (Wildman–Crippen LogP) is 1.22. The summed E-state index contributed by atoms with van der Waals surface area (Å²) >= 11 is 0. The van der Waals surface area contributed by atoms with Gasteiger partial charge in [-0.1, -0.05) is 25.5 Å². The summed E-state index contributed by atoms with van der Waals surface area (Å²) in [4.78, 5) is 23.3. The molecule has 0 bridgehead atoms. The molecule has 21 heavy (non-hydrogen) atoms. The fraction of sp³-hybridized carbons (Fsp3) is 0.467. The number of amides is 2. The summed E-state index contributed by atoms with van der Waals surface area (Å²) in [6.45, 7) is 3.41. The van der Waals surface area contributed by atoms with E-state index in [4.69, 9.17) is 0 Å². The Morgan fingerprint density at radius 2 is 1.95 bits per heavy atom. The number of benzene rings is 1. The molecular formula is C15H21FN2O3. The van der Waals surface area contributed by atoms with E-state index in [2.05, 4.69) is 10.6 Å². The standard InChI is InChI=1S/C15H21FN2O3/c1-3-8-15(2,21)10-18-13(19)9-17-14(20)11-6-4-5-7-12(11)16/h4-7,21H,3,8-10H2,1-2H3,(H,17,20)(H,18,19). The van der Waals surface area contributed by atoms with Crippen molar-refractivity contribution in [1.29, 1.82) is 0 Å². The fourth-order valence-corrected chi connectivity index (χ4v) is 1.88. The molecule has 0 saturated heterocycles. The van der Waals surface area contributed by atoms with E-state index in [9.17, 15) is 19.1 Å². The van der Waals surface area contributed by atoms with E-state index < -0.39 is 23.2 Å². The molecule has 1 rings (SSSR count).